The maximum atomic E-state index is 12.2. The highest BCUT2D eigenvalue weighted by Gasteiger charge is 2.16. The summed E-state index contributed by atoms with van der Waals surface area (Å²) in [7, 11) is 0. The monoisotopic (exact) mass is 329 g/mol. The van der Waals surface area contributed by atoms with Crippen molar-refractivity contribution in [3.8, 4) is 11.5 Å². The molecule has 2 rings (SSSR count). The van der Waals surface area contributed by atoms with Crippen LogP contribution in [0.4, 0.5) is 0 Å². The predicted octanol–water partition coefficient (Wildman–Crippen LogP) is 3.26. The number of esters is 2. The number of benzene rings is 1. The van der Waals surface area contributed by atoms with Gasteiger partial charge >= 0.3 is 11.9 Å². The van der Waals surface area contributed by atoms with Crippen LogP contribution < -0.4 is 9.47 Å². The Balaban J connectivity index is 2.08. The lowest BCUT2D eigenvalue weighted by molar-refractivity contribution is 0.0370. The van der Waals surface area contributed by atoms with Crippen LogP contribution in [0.3, 0.4) is 0 Å². The van der Waals surface area contributed by atoms with Gasteiger partial charge in [0.25, 0.3) is 0 Å². The Morgan fingerprint density at radius 3 is 2.12 bits per heavy atom. The van der Waals surface area contributed by atoms with Crippen molar-refractivity contribution in [1.29, 1.82) is 0 Å². The van der Waals surface area contributed by atoms with Gasteiger partial charge in [0.15, 0.2) is 0 Å². The van der Waals surface area contributed by atoms with Crippen LogP contribution in [0.5, 0.6) is 11.5 Å². The molecule has 24 heavy (non-hydrogen) atoms. The molecule has 0 aliphatic carbocycles. The summed E-state index contributed by atoms with van der Waals surface area (Å²) >= 11 is 0. The number of hydrogen-bond acceptors (Lipinski definition) is 6. The quantitative estimate of drug-likeness (QED) is 0.598. The minimum atomic E-state index is -0.654. The van der Waals surface area contributed by atoms with E-state index in [9.17, 15) is 9.59 Å². The number of nitrogens with zero attached hydrogens (tertiary/aromatic N) is 1. The molecule has 0 N–H and O–H groups in total. The first-order valence-electron chi connectivity index (χ1n) is 7.62. The third-order valence-electron chi connectivity index (χ3n) is 2.86. The second-order valence-electron chi connectivity index (χ2n) is 5.16. The molecule has 2 aromatic rings. The van der Waals surface area contributed by atoms with Gasteiger partial charge in [-0.25, -0.2) is 14.6 Å². The standard InChI is InChI=1S/C18H19NO5/c1-4-22-13-8-10-14(11-9-13)24-18(21)16-7-5-6-15(19-16)17(20)23-12(2)3/h5-12H,4H2,1-3H3. The fourth-order valence-corrected chi connectivity index (χ4v) is 1.87. The number of rotatable bonds is 6. The summed E-state index contributed by atoms with van der Waals surface area (Å²) in [6.07, 6.45) is -0.265. The van der Waals surface area contributed by atoms with Crippen LogP contribution in [0.25, 0.3) is 0 Å². The molecule has 126 valence electrons. The van der Waals surface area contributed by atoms with Gasteiger partial charge in [-0.1, -0.05) is 6.07 Å². The summed E-state index contributed by atoms with van der Waals surface area (Å²) in [5.41, 5.74) is 0.0898. The fraction of sp³-hybridized carbons (Fsp3) is 0.278. The van der Waals surface area contributed by atoms with E-state index in [1.807, 2.05) is 6.92 Å². The van der Waals surface area contributed by atoms with Crippen LogP contribution in [0, 0.1) is 0 Å². The highest BCUT2D eigenvalue weighted by atomic mass is 16.5. The Kier molecular flexibility index (Phi) is 5.89. The summed E-state index contributed by atoms with van der Waals surface area (Å²) in [4.78, 5) is 28.0. The Morgan fingerprint density at radius 2 is 1.54 bits per heavy atom. The summed E-state index contributed by atoms with van der Waals surface area (Å²) in [6.45, 7) is 5.92. The number of pyridine rings is 1. The van der Waals surface area contributed by atoms with Gasteiger partial charge in [-0.3, -0.25) is 0 Å². The first kappa shape index (κ1) is 17.5. The van der Waals surface area contributed by atoms with Crippen LogP contribution in [0.15, 0.2) is 42.5 Å². The molecule has 0 aliphatic rings. The Morgan fingerprint density at radius 1 is 0.958 bits per heavy atom. The SMILES string of the molecule is CCOc1ccc(OC(=O)c2cccc(C(=O)OC(C)C)n2)cc1. The van der Waals surface area contributed by atoms with Gasteiger partial charge in [-0.05, 0) is 57.2 Å². The lowest BCUT2D eigenvalue weighted by Crippen LogP contribution is -2.16. The Hall–Kier alpha value is -2.89. The predicted molar refractivity (Wildman–Crippen MR) is 87.4 cm³/mol. The molecular weight excluding hydrogens is 310 g/mol. The van der Waals surface area contributed by atoms with Gasteiger partial charge in [-0.2, -0.15) is 0 Å². The lowest BCUT2D eigenvalue weighted by Gasteiger charge is -2.08. The molecule has 6 heteroatoms. The van der Waals surface area contributed by atoms with Crippen molar-refractivity contribution >= 4 is 11.9 Å². The van der Waals surface area contributed by atoms with Gasteiger partial charge in [0.1, 0.15) is 22.9 Å². The highest BCUT2D eigenvalue weighted by Crippen LogP contribution is 2.18. The van der Waals surface area contributed by atoms with E-state index in [0.29, 0.717) is 18.1 Å². The van der Waals surface area contributed by atoms with Crippen molar-refractivity contribution in [2.75, 3.05) is 6.61 Å². The van der Waals surface area contributed by atoms with Crippen molar-refractivity contribution in [2.24, 2.45) is 0 Å². The third kappa shape index (κ3) is 4.81. The second kappa shape index (κ2) is 8.10. The molecule has 6 nitrogen and oxygen atoms in total. The van der Waals surface area contributed by atoms with E-state index in [4.69, 9.17) is 14.2 Å². The highest BCUT2D eigenvalue weighted by molar-refractivity contribution is 5.92. The Bertz CT molecular complexity index is 710. The maximum Gasteiger partial charge on any atom is 0.362 e. The van der Waals surface area contributed by atoms with E-state index in [2.05, 4.69) is 4.98 Å². The normalized spacial score (nSPS) is 10.3. The van der Waals surface area contributed by atoms with Gasteiger partial charge in [0.2, 0.25) is 0 Å². The molecule has 0 fully saturated rings. The first-order valence-corrected chi connectivity index (χ1v) is 7.62. The van der Waals surface area contributed by atoms with Gasteiger partial charge in [0, 0.05) is 0 Å². The summed E-state index contributed by atoms with van der Waals surface area (Å²) in [6, 6.07) is 11.2. The minimum Gasteiger partial charge on any atom is -0.494 e. The van der Waals surface area contributed by atoms with Gasteiger partial charge in [0.05, 0.1) is 12.7 Å². The molecule has 1 heterocycles. The first-order chi connectivity index (χ1) is 11.5. The van der Waals surface area contributed by atoms with Crippen molar-refractivity contribution in [3.63, 3.8) is 0 Å². The Labute approximate surface area is 140 Å². The molecule has 0 unspecified atom stereocenters. The molecular formula is C18H19NO5. The van der Waals surface area contributed by atoms with Crippen LogP contribution >= 0.6 is 0 Å². The fourth-order valence-electron chi connectivity index (χ4n) is 1.87. The van der Waals surface area contributed by atoms with Crippen molar-refractivity contribution in [2.45, 2.75) is 26.9 Å². The van der Waals surface area contributed by atoms with E-state index in [-0.39, 0.29) is 17.5 Å². The topological polar surface area (TPSA) is 74.7 Å². The van der Waals surface area contributed by atoms with Crippen LogP contribution in [0.2, 0.25) is 0 Å². The maximum absolute atomic E-state index is 12.2. The van der Waals surface area contributed by atoms with E-state index in [1.165, 1.54) is 12.1 Å². The minimum absolute atomic E-state index is 0.0297. The molecule has 0 saturated heterocycles. The lowest BCUT2D eigenvalue weighted by atomic mass is 10.3. The number of ether oxygens (including phenoxy) is 3. The zero-order valence-corrected chi connectivity index (χ0v) is 13.8. The summed E-state index contributed by atoms with van der Waals surface area (Å²) in [5, 5.41) is 0. The van der Waals surface area contributed by atoms with E-state index >= 15 is 0 Å². The number of carbonyl (C=O) groups is 2. The van der Waals surface area contributed by atoms with Gasteiger partial charge < -0.3 is 14.2 Å². The van der Waals surface area contributed by atoms with E-state index in [0.717, 1.165) is 0 Å². The second-order valence-corrected chi connectivity index (χ2v) is 5.16. The number of hydrogen-bond donors (Lipinski definition) is 0. The van der Waals surface area contributed by atoms with Crippen LogP contribution in [-0.2, 0) is 4.74 Å². The number of carbonyl (C=O) groups excluding carboxylic acids is 2. The molecule has 0 aliphatic heterocycles. The van der Waals surface area contributed by atoms with E-state index < -0.39 is 11.9 Å². The van der Waals surface area contributed by atoms with E-state index in [1.54, 1.807) is 44.2 Å². The largest absolute Gasteiger partial charge is 0.494 e. The average Bonchev–Trinajstić information content (AvgIpc) is 2.56. The zero-order chi connectivity index (χ0) is 17.5. The molecule has 1 aromatic heterocycles. The summed E-state index contributed by atoms with van der Waals surface area (Å²) in [5.74, 6) is -0.187. The zero-order valence-electron chi connectivity index (χ0n) is 13.8. The van der Waals surface area contributed by atoms with Gasteiger partial charge in [-0.15, -0.1) is 0 Å². The molecule has 0 spiro atoms. The van der Waals surface area contributed by atoms with Crippen molar-refractivity contribution < 1.29 is 23.8 Å². The molecule has 0 radical (unpaired) electrons. The van der Waals surface area contributed by atoms with Crippen LogP contribution in [-0.4, -0.2) is 29.6 Å². The average molecular weight is 329 g/mol. The van der Waals surface area contributed by atoms with Crippen molar-refractivity contribution in [1.82, 2.24) is 4.98 Å². The third-order valence-corrected chi connectivity index (χ3v) is 2.86. The van der Waals surface area contributed by atoms with Crippen molar-refractivity contribution in [3.05, 3.63) is 53.9 Å². The smallest absolute Gasteiger partial charge is 0.362 e. The van der Waals surface area contributed by atoms with Crippen LogP contribution in [0.1, 0.15) is 41.7 Å². The summed E-state index contributed by atoms with van der Waals surface area (Å²) < 4.78 is 15.6. The molecule has 0 bridgehead atoms. The molecule has 0 amide bonds. The number of aromatic nitrogens is 1. The molecule has 1 aromatic carbocycles. The molecule has 0 saturated carbocycles. The molecule has 0 atom stereocenters.